The van der Waals surface area contributed by atoms with Crippen LogP contribution in [0.3, 0.4) is 0 Å². The van der Waals surface area contributed by atoms with Crippen LogP contribution in [0.1, 0.15) is 21.7 Å². The van der Waals surface area contributed by atoms with Gasteiger partial charge in [-0.05, 0) is 41.5 Å². The Hall–Kier alpha value is -3.65. The first kappa shape index (κ1) is 16.2. The minimum Gasteiger partial charge on any atom is -0.545 e. The molecule has 1 heterocycles. The molecule has 4 nitrogen and oxygen atoms in total. The highest BCUT2D eigenvalue weighted by molar-refractivity contribution is 5.91. The smallest absolute Gasteiger partial charge is 0.134 e. The van der Waals surface area contributed by atoms with Gasteiger partial charge in [0.25, 0.3) is 0 Å². The van der Waals surface area contributed by atoms with E-state index in [0.717, 1.165) is 0 Å². The van der Waals surface area contributed by atoms with Crippen molar-refractivity contribution in [2.24, 2.45) is 0 Å². The van der Waals surface area contributed by atoms with Crippen LogP contribution < -0.4 is 5.11 Å². The summed E-state index contributed by atoms with van der Waals surface area (Å²) < 4.78 is 18.9. The molecule has 1 aromatic heterocycles. The fourth-order valence-corrected chi connectivity index (χ4v) is 2.34. The van der Waals surface area contributed by atoms with E-state index >= 15 is 0 Å². The monoisotopic (exact) mass is 332 g/mol. The predicted molar refractivity (Wildman–Crippen MR) is 88.4 cm³/mol. The summed E-state index contributed by atoms with van der Waals surface area (Å²) in [6.45, 7) is 0. The Morgan fingerprint density at radius 3 is 2.44 bits per heavy atom. The van der Waals surface area contributed by atoms with Crippen molar-refractivity contribution in [1.29, 1.82) is 5.26 Å². The van der Waals surface area contributed by atoms with Crippen LogP contribution in [0.2, 0.25) is 0 Å². The van der Waals surface area contributed by atoms with E-state index in [-0.39, 0.29) is 11.4 Å². The summed E-state index contributed by atoms with van der Waals surface area (Å²) >= 11 is 0. The van der Waals surface area contributed by atoms with Gasteiger partial charge in [0, 0.05) is 5.56 Å². The summed E-state index contributed by atoms with van der Waals surface area (Å²) in [6.07, 6.45) is 1.54. The van der Waals surface area contributed by atoms with Gasteiger partial charge in [-0.1, -0.05) is 36.4 Å². The molecule has 0 aliphatic rings. The van der Waals surface area contributed by atoms with Gasteiger partial charge in [-0.15, -0.1) is 0 Å². The third-order valence-corrected chi connectivity index (χ3v) is 3.57. The van der Waals surface area contributed by atoms with E-state index in [1.54, 1.807) is 24.3 Å². The third kappa shape index (κ3) is 3.65. The average molecular weight is 332 g/mol. The second-order valence-corrected chi connectivity index (χ2v) is 5.25. The minimum atomic E-state index is -1.28. The molecule has 0 aliphatic heterocycles. The van der Waals surface area contributed by atoms with E-state index in [1.807, 2.05) is 0 Å². The third-order valence-electron chi connectivity index (χ3n) is 3.57. The molecule has 0 saturated carbocycles. The van der Waals surface area contributed by atoms with Gasteiger partial charge in [0.2, 0.25) is 0 Å². The summed E-state index contributed by atoms with van der Waals surface area (Å²) in [5.74, 6) is -0.730. The van der Waals surface area contributed by atoms with E-state index in [2.05, 4.69) is 6.07 Å². The zero-order valence-corrected chi connectivity index (χ0v) is 12.9. The van der Waals surface area contributed by atoms with Crippen molar-refractivity contribution < 1.29 is 18.7 Å². The number of allylic oxidation sites excluding steroid dienone is 1. The number of halogens is 1. The van der Waals surface area contributed by atoms with Crippen molar-refractivity contribution in [2.45, 2.75) is 0 Å². The van der Waals surface area contributed by atoms with E-state index < -0.39 is 5.97 Å². The first-order valence-corrected chi connectivity index (χ1v) is 7.36. The first-order valence-electron chi connectivity index (χ1n) is 7.36. The van der Waals surface area contributed by atoms with Gasteiger partial charge in [0.15, 0.2) is 0 Å². The van der Waals surface area contributed by atoms with Crippen LogP contribution in [0, 0.1) is 17.1 Å². The molecule has 122 valence electrons. The molecule has 5 heteroatoms. The van der Waals surface area contributed by atoms with Gasteiger partial charge in [-0.3, -0.25) is 0 Å². The lowest BCUT2D eigenvalue weighted by atomic mass is 10.0. The topological polar surface area (TPSA) is 77.1 Å². The summed E-state index contributed by atoms with van der Waals surface area (Å²) in [6, 6.07) is 17.2. The van der Waals surface area contributed by atoms with E-state index in [9.17, 15) is 19.6 Å². The number of carboxylic acid groups (broad SMARTS) is 1. The van der Waals surface area contributed by atoms with Crippen LogP contribution in [0.4, 0.5) is 4.39 Å². The van der Waals surface area contributed by atoms with E-state index in [0.29, 0.717) is 28.2 Å². The van der Waals surface area contributed by atoms with Gasteiger partial charge in [-0.25, -0.2) is 4.39 Å². The Balaban J connectivity index is 1.90. The molecule has 3 rings (SSSR count). The van der Waals surface area contributed by atoms with E-state index in [1.165, 1.54) is 42.5 Å². The number of carboxylic acids is 1. The maximum absolute atomic E-state index is 13.3. The number of carbonyl (C=O) groups excluding carboxylic acids is 1. The van der Waals surface area contributed by atoms with E-state index in [4.69, 9.17) is 4.42 Å². The van der Waals surface area contributed by atoms with Crippen molar-refractivity contribution in [3.05, 3.63) is 83.4 Å². The van der Waals surface area contributed by atoms with Crippen LogP contribution in [-0.4, -0.2) is 5.97 Å². The number of rotatable bonds is 4. The summed E-state index contributed by atoms with van der Waals surface area (Å²) in [4.78, 5) is 10.8. The van der Waals surface area contributed by atoms with Crippen molar-refractivity contribution in [3.8, 4) is 17.4 Å². The van der Waals surface area contributed by atoms with Crippen LogP contribution in [0.5, 0.6) is 0 Å². The number of carbonyl (C=O) groups is 1. The number of nitriles is 1. The summed E-state index contributed by atoms with van der Waals surface area (Å²) in [5, 5.41) is 20.1. The SMILES string of the molecule is N#C/C(=C/c1ccc(-c2cccc(F)c2)o1)c1ccc(C(=O)[O-])cc1. The average Bonchev–Trinajstić information content (AvgIpc) is 3.08. The Morgan fingerprint density at radius 2 is 1.80 bits per heavy atom. The Bertz CT molecular complexity index is 994. The highest BCUT2D eigenvalue weighted by Crippen LogP contribution is 2.25. The molecule has 0 N–H and O–H groups in total. The molecular formula is C20H11FNO3-. The van der Waals surface area contributed by atoms with Crippen LogP contribution in [0.15, 0.2) is 65.1 Å². The highest BCUT2D eigenvalue weighted by Gasteiger charge is 2.07. The van der Waals surface area contributed by atoms with Crippen LogP contribution >= 0.6 is 0 Å². The van der Waals surface area contributed by atoms with Gasteiger partial charge in [0.05, 0.1) is 17.6 Å². The molecule has 0 saturated heterocycles. The predicted octanol–water partition coefficient (Wildman–Crippen LogP) is 3.51. The molecule has 3 aromatic rings. The molecular weight excluding hydrogens is 321 g/mol. The molecule has 0 spiro atoms. The standard InChI is InChI=1S/C20H12FNO3/c21-17-3-1-2-15(10-17)19-9-8-18(25-19)11-16(12-22)13-4-6-14(7-5-13)20(23)24/h1-11H,(H,23,24)/p-1/b16-11-. The molecule has 2 aromatic carbocycles. The fourth-order valence-electron chi connectivity index (χ4n) is 2.34. The summed E-state index contributed by atoms with van der Waals surface area (Å²) in [7, 11) is 0. The number of nitrogens with zero attached hydrogens (tertiary/aromatic N) is 1. The molecule has 0 fully saturated rings. The van der Waals surface area contributed by atoms with Gasteiger partial charge in [-0.2, -0.15) is 5.26 Å². The van der Waals surface area contributed by atoms with Gasteiger partial charge >= 0.3 is 0 Å². The second-order valence-electron chi connectivity index (χ2n) is 5.25. The zero-order chi connectivity index (χ0) is 17.8. The molecule has 25 heavy (non-hydrogen) atoms. The van der Waals surface area contributed by atoms with Crippen molar-refractivity contribution in [1.82, 2.24) is 0 Å². The lowest BCUT2D eigenvalue weighted by Gasteiger charge is -2.03. The number of furan rings is 1. The van der Waals surface area contributed by atoms with Crippen molar-refractivity contribution in [2.75, 3.05) is 0 Å². The maximum atomic E-state index is 13.3. The number of hydrogen-bond donors (Lipinski definition) is 0. The number of benzene rings is 2. The Labute approximate surface area is 143 Å². The highest BCUT2D eigenvalue weighted by atomic mass is 19.1. The zero-order valence-electron chi connectivity index (χ0n) is 12.9. The minimum absolute atomic E-state index is 0.0347. The van der Waals surface area contributed by atoms with Gasteiger partial charge < -0.3 is 14.3 Å². The molecule has 0 unspecified atom stereocenters. The van der Waals surface area contributed by atoms with Crippen LogP contribution in [0.25, 0.3) is 23.0 Å². The van der Waals surface area contributed by atoms with Crippen LogP contribution in [-0.2, 0) is 0 Å². The molecule has 0 aliphatic carbocycles. The number of hydrogen-bond acceptors (Lipinski definition) is 4. The molecule has 0 atom stereocenters. The molecule has 0 radical (unpaired) electrons. The fraction of sp³-hybridized carbons (Fsp3) is 0. The largest absolute Gasteiger partial charge is 0.545 e. The second kappa shape index (κ2) is 6.85. The normalized spacial score (nSPS) is 11.1. The quantitative estimate of drug-likeness (QED) is 0.685. The molecule has 0 bridgehead atoms. The van der Waals surface area contributed by atoms with Crippen molar-refractivity contribution in [3.63, 3.8) is 0 Å². The van der Waals surface area contributed by atoms with Gasteiger partial charge in [0.1, 0.15) is 17.3 Å². The Morgan fingerprint density at radius 1 is 1.08 bits per heavy atom. The summed E-state index contributed by atoms with van der Waals surface area (Å²) in [5.41, 5.74) is 1.49. The first-order chi connectivity index (χ1) is 12.1. The lowest BCUT2D eigenvalue weighted by Crippen LogP contribution is -2.21. The Kier molecular flexibility index (Phi) is 4.44. The lowest BCUT2D eigenvalue weighted by molar-refractivity contribution is -0.255. The molecule has 0 amide bonds. The maximum Gasteiger partial charge on any atom is 0.134 e. The van der Waals surface area contributed by atoms with Crippen molar-refractivity contribution >= 4 is 17.6 Å². The number of aromatic carboxylic acids is 1.